The van der Waals surface area contributed by atoms with E-state index in [-0.39, 0.29) is 5.82 Å². The van der Waals surface area contributed by atoms with E-state index in [1.54, 1.807) is 0 Å². The number of halogens is 2. The monoisotopic (exact) mass is 314 g/mol. The van der Waals surface area contributed by atoms with E-state index in [9.17, 15) is 4.39 Å². The lowest BCUT2D eigenvalue weighted by Crippen LogP contribution is -2.34. The summed E-state index contributed by atoms with van der Waals surface area (Å²) in [5, 5.41) is 0. The van der Waals surface area contributed by atoms with Crippen molar-refractivity contribution in [1.29, 1.82) is 0 Å². The smallest absolute Gasteiger partial charge is 0.128 e. The molecule has 0 aliphatic carbocycles. The standard InChI is InChI=1S/C14H20BrFN2/c1-10-7-18(9-14(10)17(2)3)8-11-4-5-12(15)6-13(11)16/h4-6,10,14H,7-9H2,1-3H3. The van der Waals surface area contributed by atoms with Crippen LogP contribution in [0.5, 0.6) is 0 Å². The van der Waals surface area contributed by atoms with Crippen LogP contribution in [-0.2, 0) is 6.54 Å². The SMILES string of the molecule is CC1CN(Cc2ccc(Br)cc2F)CC1N(C)C. The highest BCUT2D eigenvalue weighted by molar-refractivity contribution is 9.10. The fourth-order valence-electron chi connectivity index (χ4n) is 2.74. The van der Waals surface area contributed by atoms with Gasteiger partial charge in [0.25, 0.3) is 0 Å². The molecule has 1 aliphatic rings. The molecule has 4 heteroatoms. The molecule has 2 nitrogen and oxygen atoms in total. The zero-order valence-corrected chi connectivity index (χ0v) is 12.7. The summed E-state index contributed by atoms with van der Waals surface area (Å²) in [7, 11) is 4.23. The number of benzene rings is 1. The Hall–Kier alpha value is -0.450. The molecule has 2 atom stereocenters. The molecule has 0 N–H and O–H groups in total. The number of rotatable bonds is 3. The molecule has 0 saturated carbocycles. The summed E-state index contributed by atoms with van der Waals surface area (Å²) < 4.78 is 14.6. The van der Waals surface area contributed by atoms with Crippen LogP contribution in [0.2, 0.25) is 0 Å². The van der Waals surface area contributed by atoms with Crippen LogP contribution in [0.25, 0.3) is 0 Å². The highest BCUT2D eigenvalue weighted by Crippen LogP contribution is 2.23. The van der Waals surface area contributed by atoms with E-state index >= 15 is 0 Å². The number of likely N-dealkylation sites (N-methyl/N-ethyl adjacent to an activating group) is 1. The van der Waals surface area contributed by atoms with Crippen molar-refractivity contribution in [3.63, 3.8) is 0 Å². The largest absolute Gasteiger partial charge is 0.305 e. The number of likely N-dealkylation sites (tertiary alicyclic amines) is 1. The molecule has 0 aromatic heterocycles. The molecular formula is C14H20BrFN2. The first-order chi connectivity index (χ1) is 8.47. The quantitative estimate of drug-likeness (QED) is 0.846. The summed E-state index contributed by atoms with van der Waals surface area (Å²) in [6, 6.07) is 5.88. The molecule has 18 heavy (non-hydrogen) atoms. The van der Waals surface area contributed by atoms with Crippen molar-refractivity contribution in [3.05, 3.63) is 34.1 Å². The van der Waals surface area contributed by atoms with Crippen LogP contribution < -0.4 is 0 Å². The van der Waals surface area contributed by atoms with E-state index in [1.165, 1.54) is 6.07 Å². The van der Waals surface area contributed by atoms with Crippen LogP contribution in [0.3, 0.4) is 0 Å². The Kier molecular flexibility index (Phi) is 4.41. The minimum absolute atomic E-state index is 0.120. The topological polar surface area (TPSA) is 6.48 Å². The Bertz CT molecular complexity index is 422. The zero-order valence-electron chi connectivity index (χ0n) is 11.2. The molecule has 0 amide bonds. The van der Waals surface area contributed by atoms with Crippen molar-refractivity contribution in [2.75, 3.05) is 27.2 Å². The molecule has 1 aromatic carbocycles. The Morgan fingerprint density at radius 1 is 1.39 bits per heavy atom. The van der Waals surface area contributed by atoms with Gasteiger partial charge in [-0.25, -0.2) is 4.39 Å². The first-order valence-electron chi connectivity index (χ1n) is 6.30. The highest BCUT2D eigenvalue weighted by Gasteiger charge is 2.31. The van der Waals surface area contributed by atoms with Crippen molar-refractivity contribution < 1.29 is 4.39 Å². The minimum atomic E-state index is -0.120. The third-order valence-corrected chi connectivity index (χ3v) is 4.21. The molecule has 2 unspecified atom stereocenters. The lowest BCUT2D eigenvalue weighted by molar-refractivity contribution is 0.249. The van der Waals surface area contributed by atoms with Crippen molar-refractivity contribution >= 4 is 15.9 Å². The van der Waals surface area contributed by atoms with Gasteiger partial charge < -0.3 is 4.90 Å². The summed E-state index contributed by atoms with van der Waals surface area (Å²) in [4.78, 5) is 4.60. The van der Waals surface area contributed by atoms with Gasteiger partial charge >= 0.3 is 0 Å². The molecule has 0 spiro atoms. The molecule has 1 heterocycles. The first-order valence-corrected chi connectivity index (χ1v) is 7.09. The number of hydrogen-bond donors (Lipinski definition) is 0. The van der Waals surface area contributed by atoms with Gasteiger partial charge in [-0.15, -0.1) is 0 Å². The molecule has 100 valence electrons. The normalized spacial score (nSPS) is 25.0. The maximum absolute atomic E-state index is 13.8. The van der Waals surface area contributed by atoms with Gasteiger partial charge in [0.1, 0.15) is 5.82 Å². The van der Waals surface area contributed by atoms with Crippen molar-refractivity contribution in [3.8, 4) is 0 Å². The zero-order chi connectivity index (χ0) is 13.3. The van der Waals surface area contributed by atoms with E-state index in [2.05, 4.69) is 46.7 Å². The van der Waals surface area contributed by atoms with Crippen molar-refractivity contribution in [2.45, 2.75) is 19.5 Å². The van der Waals surface area contributed by atoms with Gasteiger partial charge in [-0.1, -0.05) is 28.9 Å². The fraction of sp³-hybridized carbons (Fsp3) is 0.571. The fourth-order valence-corrected chi connectivity index (χ4v) is 3.07. The van der Waals surface area contributed by atoms with Crippen LogP contribution in [0, 0.1) is 11.7 Å². The van der Waals surface area contributed by atoms with Gasteiger partial charge in [-0.3, -0.25) is 4.90 Å². The predicted octanol–water partition coefficient (Wildman–Crippen LogP) is 2.97. The summed E-state index contributed by atoms with van der Waals surface area (Å²) in [5.41, 5.74) is 0.782. The maximum Gasteiger partial charge on any atom is 0.128 e. The third kappa shape index (κ3) is 3.11. The van der Waals surface area contributed by atoms with E-state index in [4.69, 9.17) is 0 Å². The Morgan fingerprint density at radius 3 is 2.67 bits per heavy atom. The van der Waals surface area contributed by atoms with E-state index < -0.39 is 0 Å². The van der Waals surface area contributed by atoms with Gasteiger partial charge in [0.2, 0.25) is 0 Å². The highest BCUT2D eigenvalue weighted by atomic mass is 79.9. The molecule has 1 saturated heterocycles. The van der Waals surface area contributed by atoms with E-state index in [1.807, 2.05) is 12.1 Å². The summed E-state index contributed by atoms with van der Waals surface area (Å²) in [6.45, 7) is 5.03. The molecule has 1 aliphatic heterocycles. The van der Waals surface area contributed by atoms with Crippen LogP contribution in [-0.4, -0.2) is 43.0 Å². The minimum Gasteiger partial charge on any atom is -0.305 e. The maximum atomic E-state index is 13.8. The van der Waals surface area contributed by atoms with Gasteiger partial charge in [0.15, 0.2) is 0 Å². The van der Waals surface area contributed by atoms with Crippen LogP contribution >= 0.6 is 15.9 Å². The van der Waals surface area contributed by atoms with Crippen LogP contribution in [0.15, 0.2) is 22.7 Å². The lowest BCUT2D eigenvalue weighted by Gasteiger charge is -2.22. The Morgan fingerprint density at radius 2 is 2.11 bits per heavy atom. The second kappa shape index (κ2) is 5.68. The van der Waals surface area contributed by atoms with Gasteiger partial charge in [0, 0.05) is 35.7 Å². The molecule has 1 fully saturated rings. The summed E-state index contributed by atoms with van der Waals surface area (Å²) in [6.07, 6.45) is 0. The Labute approximate surface area is 117 Å². The van der Waals surface area contributed by atoms with Gasteiger partial charge in [-0.2, -0.15) is 0 Å². The van der Waals surface area contributed by atoms with Gasteiger partial charge in [0.05, 0.1) is 0 Å². The third-order valence-electron chi connectivity index (χ3n) is 3.72. The lowest BCUT2D eigenvalue weighted by atomic mass is 10.1. The molecule has 2 rings (SSSR count). The molecule has 1 aromatic rings. The average Bonchev–Trinajstić information content (AvgIpc) is 2.64. The Balaban J connectivity index is 2.03. The van der Waals surface area contributed by atoms with Crippen LogP contribution in [0.1, 0.15) is 12.5 Å². The molecule has 0 radical (unpaired) electrons. The van der Waals surface area contributed by atoms with E-state index in [0.29, 0.717) is 18.5 Å². The van der Waals surface area contributed by atoms with Crippen molar-refractivity contribution in [1.82, 2.24) is 9.80 Å². The predicted molar refractivity (Wildman–Crippen MR) is 76.0 cm³/mol. The molecule has 0 bridgehead atoms. The summed E-state index contributed by atoms with van der Waals surface area (Å²) in [5.74, 6) is 0.517. The van der Waals surface area contributed by atoms with Gasteiger partial charge in [-0.05, 0) is 32.1 Å². The van der Waals surface area contributed by atoms with E-state index in [0.717, 1.165) is 23.1 Å². The summed E-state index contributed by atoms with van der Waals surface area (Å²) >= 11 is 3.29. The average molecular weight is 315 g/mol. The number of nitrogens with zero attached hydrogens (tertiary/aromatic N) is 2. The van der Waals surface area contributed by atoms with Crippen molar-refractivity contribution in [2.24, 2.45) is 5.92 Å². The molecular weight excluding hydrogens is 295 g/mol. The number of hydrogen-bond acceptors (Lipinski definition) is 2. The second-order valence-electron chi connectivity index (χ2n) is 5.44. The second-order valence-corrected chi connectivity index (χ2v) is 6.35. The van der Waals surface area contributed by atoms with Crippen LogP contribution in [0.4, 0.5) is 4.39 Å². The first kappa shape index (κ1) is 14.0.